The zero-order valence-electron chi connectivity index (χ0n) is 10.9. The molecule has 0 aromatic heterocycles. The molecule has 0 spiro atoms. The second-order valence-corrected chi connectivity index (χ2v) is 4.87. The van der Waals surface area contributed by atoms with Gasteiger partial charge in [0.05, 0.1) is 18.2 Å². The van der Waals surface area contributed by atoms with E-state index in [0.717, 1.165) is 36.4 Å². The van der Waals surface area contributed by atoms with Crippen LogP contribution in [0.2, 0.25) is 0 Å². The smallest absolute Gasteiger partial charge is 0.119 e. The van der Waals surface area contributed by atoms with Crippen molar-refractivity contribution >= 4 is 0 Å². The van der Waals surface area contributed by atoms with Gasteiger partial charge in [-0.1, -0.05) is 6.42 Å². The molecule has 96 valence electrons. The van der Waals surface area contributed by atoms with Crippen molar-refractivity contribution < 1.29 is 4.74 Å². The summed E-state index contributed by atoms with van der Waals surface area (Å²) in [5.41, 5.74) is 1.70. The van der Waals surface area contributed by atoms with Crippen LogP contribution in [0.1, 0.15) is 36.8 Å². The summed E-state index contributed by atoms with van der Waals surface area (Å²) in [6.45, 7) is 3.82. The minimum Gasteiger partial charge on any atom is -0.494 e. The molecule has 1 atom stereocenters. The molecule has 0 saturated carbocycles. The first-order chi connectivity index (χ1) is 8.79. The Morgan fingerprint density at radius 1 is 1.44 bits per heavy atom. The van der Waals surface area contributed by atoms with E-state index < -0.39 is 0 Å². The van der Waals surface area contributed by atoms with Gasteiger partial charge in [-0.2, -0.15) is 5.26 Å². The molecule has 1 heterocycles. The number of benzene rings is 1. The summed E-state index contributed by atoms with van der Waals surface area (Å²) in [7, 11) is 0. The van der Waals surface area contributed by atoms with Gasteiger partial charge in [0.15, 0.2) is 0 Å². The second kappa shape index (κ2) is 6.42. The molecule has 2 rings (SSSR count). The van der Waals surface area contributed by atoms with Gasteiger partial charge < -0.3 is 10.1 Å². The number of rotatable bonds is 4. The van der Waals surface area contributed by atoms with Crippen LogP contribution < -0.4 is 10.1 Å². The van der Waals surface area contributed by atoms with Crippen LogP contribution in [0.5, 0.6) is 5.75 Å². The van der Waals surface area contributed by atoms with Crippen molar-refractivity contribution in [2.24, 2.45) is 0 Å². The van der Waals surface area contributed by atoms with Crippen molar-refractivity contribution in [1.29, 1.82) is 5.26 Å². The Bertz CT molecular complexity index is 431. The molecule has 1 unspecified atom stereocenters. The van der Waals surface area contributed by atoms with Gasteiger partial charge in [-0.05, 0) is 56.5 Å². The van der Waals surface area contributed by atoms with Gasteiger partial charge in [0.2, 0.25) is 0 Å². The van der Waals surface area contributed by atoms with Crippen molar-refractivity contribution in [1.82, 2.24) is 5.32 Å². The van der Waals surface area contributed by atoms with E-state index in [1.807, 2.05) is 25.1 Å². The Hall–Kier alpha value is -1.53. The highest BCUT2D eigenvalue weighted by atomic mass is 16.5. The lowest BCUT2D eigenvalue weighted by molar-refractivity contribution is 0.268. The van der Waals surface area contributed by atoms with Gasteiger partial charge in [0, 0.05) is 6.04 Å². The van der Waals surface area contributed by atoms with E-state index in [1.165, 1.54) is 19.3 Å². The van der Waals surface area contributed by atoms with Gasteiger partial charge in [-0.25, -0.2) is 0 Å². The van der Waals surface area contributed by atoms with Gasteiger partial charge in [-0.3, -0.25) is 0 Å². The quantitative estimate of drug-likeness (QED) is 0.885. The largest absolute Gasteiger partial charge is 0.494 e. The van der Waals surface area contributed by atoms with Crippen LogP contribution in [0.3, 0.4) is 0 Å². The number of hydrogen-bond acceptors (Lipinski definition) is 3. The molecule has 0 aliphatic carbocycles. The SMILES string of the molecule is Cc1cc(OCCC2CCCCN2)ccc1C#N. The fraction of sp³-hybridized carbons (Fsp3) is 0.533. The van der Waals surface area contributed by atoms with Gasteiger partial charge in [0.25, 0.3) is 0 Å². The molecule has 0 amide bonds. The van der Waals surface area contributed by atoms with E-state index >= 15 is 0 Å². The minimum atomic E-state index is 0.609. The lowest BCUT2D eigenvalue weighted by atomic mass is 10.0. The van der Waals surface area contributed by atoms with Crippen LogP contribution in [0.4, 0.5) is 0 Å². The van der Waals surface area contributed by atoms with E-state index in [4.69, 9.17) is 10.00 Å². The summed E-state index contributed by atoms with van der Waals surface area (Å²) in [6, 6.07) is 8.41. The Balaban J connectivity index is 1.79. The molecule has 1 aromatic carbocycles. The van der Waals surface area contributed by atoms with Crippen LogP contribution in [-0.4, -0.2) is 19.2 Å². The first kappa shape index (κ1) is 12.9. The number of aryl methyl sites for hydroxylation is 1. The Labute approximate surface area is 109 Å². The summed E-state index contributed by atoms with van der Waals surface area (Å²) in [5, 5.41) is 12.4. The molecular weight excluding hydrogens is 224 g/mol. The third kappa shape index (κ3) is 3.48. The van der Waals surface area contributed by atoms with E-state index in [0.29, 0.717) is 6.04 Å². The molecule has 1 aliphatic heterocycles. The number of nitrogens with one attached hydrogen (secondary N) is 1. The maximum Gasteiger partial charge on any atom is 0.119 e. The fourth-order valence-corrected chi connectivity index (χ4v) is 2.34. The van der Waals surface area contributed by atoms with Crippen LogP contribution in [0.15, 0.2) is 18.2 Å². The van der Waals surface area contributed by atoms with Crippen molar-refractivity contribution in [3.05, 3.63) is 29.3 Å². The van der Waals surface area contributed by atoms with Crippen LogP contribution in [-0.2, 0) is 0 Å². The summed E-state index contributed by atoms with van der Waals surface area (Å²) in [5.74, 6) is 0.863. The molecule has 18 heavy (non-hydrogen) atoms. The number of ether oxygens (including phenoxy) is 1. The normalized spacial score (nSPS) is 19.2. The lowest BCUT2D eigenvalue weighted by Gasteiger charge is -2.23. The Morgan fingerprint density at radius 2 is 2.33 bits per heavy atom. The molecule has 0 radical (unpaired) electrons. The maximum atomic E-state index is 8.86. The predicted molar refractivity (Wildman–Crippen MR) is 71.6 cm³/mol. The van der Waals surface area contributed by atoms with Crippen LogP contribution >= 0.6 is 0 Å². The van der Waals surface area contributed by atoms with E-state index in [9.17, 15) is 0 Å². The summed E-state index contributed by atoms with van der Waals surface area (Å²) < 4.78 is 5.74. The maximum absolute atomic E-state index is 8.86. The molecular formula is C15H20N2O. The second-order valence-electron chi connectivity index (χ2n) is 4.87. The van der Waals surface area contributed by atoms with Gasteiger partial charge in [-0.15, -0.1) is 0 Å². The first-order valence-electron chi connectivity index (χ1n) is 6.66. The third-order valence-electron chi connectivity index (χ3n) is 3.47. The topological polar surface area (TPSA) is 45.0 Å². The van der Waals surface area contributed by atoms with E-state index in [1.54, 1.807) is 0 Å². The highest BCUT2D eigenvalue weighted by Gasteiger charge is 2.12. The van der Waals surface area contributed by atoms with E-state index in [-0.39, 0.29) is 0 Å². The summed E-state index contributed by atoms with van der Waals surface area (Å²) in [4.78, 5) is 0. The molecule has 3 heteroatoms. The molecule has 1 saturated heterocycles. The Morgan fingerprint density at radius 3 is 3.00 bits per heavy atom. The lowest BCUT2D eigenvalue weighted by Crippen LogP contribution is -2.35. The highest BCUT2D eigenvalue weighted by molar-refractivity contribution is 5.41. The molecule has 1 N–H and O–H groups in total. The molecule has 0 bridgehead atoms. The van der Waals surface area contributed by atoms with E-state index in [2.05, 4.69) is 11.4 Å². The number of nitriles is 1. The molecule has 1 aliphatic rings. The molecule has 1 aromatic rings. The Kier molecular flexibility index (Phi) is 4.60. The zero-order valence-corrected chi connectivity index (χ0v) is 10.9. The van der Waals surface area contributed by atoms with Crippen molar-refractivity contribution in [3.8, 4) is 11.8 Å². The number of nitrogens with zero attached hydrogens (tertiary/aromatic N) is 1. The highest BCUT2D eigenvalue weighted by Crippen LogP contribution is 2.17. The number of hydrogen-bond donors (Lipinski definition) is 1. The number of piperidine rings is 1. The minimum absolute atomic E-state index is 0.609. The van der Waals surface area contributed by atoms with Gasteiger partial charge in [0.1, 0.15) is 5.75 Å². The first-order valence-corrected chi connectivity index (χ1v) is 6.66. The summed E-state index contributed by atoms with van der Waals surface area (Å²) >= 11 is 0. The van der Waals surface area contributed by atoms with Crippen LogP contribution in [0.25, 0.3) is 0 Å². The monoisotopic (exact) mass is 244 g/mol. The summed E-state index contributed by atoms with van der Waals surface area (Å²) in [6.07, 6.45) is 4.94. The average molecular weight is 244 g/mol. The molecule has 1 fully saturated rings. The molecule has 3 nitrogen and oxygen atoms in total. The van der Waals surface area contributed by atoms with Gasteiger partial charge >= 0.3 is 0 Å². The predicted octanol–water partition coefficient (Wildman–Crippen LogP) is 2.78. The fourth-order valence-electron chi connectivity index (χ4n) is 2.34. The third-order valence-corrected chi connectivity index (χ3v) is 3.47. The zero-order chi connectivity index (χ0) is 12.8. The van der Waals surface area contributed by atoms with Crippen LogP contribution in [0, 0.1) is 18.3 Å². The average Bonchev–Trinajstić information content (AvgIpc) is 2.40. The van der Waals surface area contributed by atoms with Crippen molar-refractivity contribution in [3.63, 3.8) is 0 Å². The van der Waals surface area contributed by atoms with Crippen molar-refractivity contribution in [2.45, 2.75) is 38.6 Å². The van der Waals surface area contributed by atoms with Crippen molar-refractivity contribution in [2.75, 3.05) is 13.2 Å². The standard InChI is InChI=1S/C15H20N2O/c1-12-10-15(6-5-13(12)11-16)18-9-7-14-4-2-3-8-17-14/h5-6,10,14,17H,2-4,7-9H2,1H3.